The smallest absolute Gasteiger partial charge is 0.243 e. The molecule has 2 aromatic carbocycles. The van der Waals surface area contributed by atoms with Crippen molar-refractivity contribution in [2.24, 2.45) is 0 Å². The normalized spacial score (nSPS) is 22.4. The van der Waals surface area contributed by atoms with E-state index in [2.05, 4.69) is 0 Å². The lowest BCUT2D eigenvalue weighted by molar-refractivity contribution is 0.142. The van der Waals surface area contributed by atoms with Crippen molar-refractivity contribution < 1.29 is 13.5 Å². The van der Waals surface area contributed by atoms with E-state index in [0.29, 0.717) is 13.0 Å². The summed E-state index contributed by atoms with van der Waals surface area (Å²) in [5, 5.41) is 10.4. The summed E-state index contributed by atoms with van der Waals surface area (Å²) < 4.78 is 27.4. The van der Waals surface area contributed by atoms with Gasteiger partial charge in [0.15, 0.2) is 0 Å². The molecule has 4 nitrogen and oxygen atoms in total. The predicted octanol–water partition coefficient (Wildman–Crippen LogP) is 2.80. The van der Waals surface area contributed by atoms with Gasteiger partial charge in [0.25, 0.3) is 0 Å². The molecule has 3 rings (SSSR count). The number of sulfonamides is 1. The van der Waals surface area contributed by atoms with Crippen molar-refractivity contribution in [1.82, 2.24) is 4.31 Å². The molecule has 0 aliphatic carbocycles. The molecule has 2 aromatic rings. The monoisotopic (exact) mass is 331 g/mol. The largest absolute Gasteiger partial charge is 0.391 e. The number of aliphatic hydroxyl groups is 1. The van der Waals surface area contributed by atoms with E-state index in [1.807, 2.05) is 38.1 Å². The van der Waals surface area contributed by atoms with Crippen LogP contribution in [0.4, 0.5) is 0 Å². The van der Waals surface area contributed by atoms with Crippen LogP contribution in [0.25, 0.3) is 0 Å². The minimum Gasteiger partial charge on any atom is -0.391 e. The Labute approximate surface area is 137 Å². The molecule has 1 aliphatic rings. The molecule has 0 saturated carbocycles. The lowest BCUT2D eigenvalue weighted by Gasteiger charge is -2.27. The molecule has 2 atom stereocenters. The third kappa shape index (κ3) is 2.92. The standard InChI is InChI=1S/C18H21NO3S/c1-13-7-9-15(10-8-13)23(21,22)19-12-11-17(20)18(19)16-6-4-3-5-14(16)2/h3-10,17-18,20H,11-12H2,1-2H3/t17-,18+/m0/s1. The van der Waals surface area contributed by atoms with Gasteiger partial charge in [-0.05, 0) is 43.5 Å². The van der Waals surface area contributed by atoms with E-state index in [0.717, 1.165) is 16.7 Å². The molecule has 0 spiro atoms. The maximum absolute atomic E-state index is 13.0. The van der Waals surface area contributed by atoms with Gasteiger partial charge >= 0.3 is 0 Å². The van der Waals surface area contributed by atoms with Gasteiger partial charge in [-0.15, -0.1) is 0 Å². The Kier molecular flexibility index (Phi) is 4.27. The van der Waals surface area contributed by atoms with Crippen molar-refractivity contribution in [2.75, 3.05) is 6.54 Å². The summed E-state index contributed by atoms with van der Waals surface area (Å²) in [4.78, 5) is 0.274. The molecule has 1 N–H and O–H groups in total. The number of rotatable bonds is 3. The van der Waals surface area contributed by atoms with Gasteiger partial charge in [0.1, 0.15) is 0 Å². The number of hydrogen-bond acceptors (Lipinski definition) is 3. The van der Waals surface area contributed by atoms with E-state index in [9.17, 15) is 13.5 Å². The fourth-order valence-corrected chi connectivity index (χ4v) is 4.79. The van der Waals surface area contributed by atoms with Gasteiger partial charge in [-0.25, -0.2) is 8.42 Å². The molecule has 0 unspecified atom stereocenters. The first kappa shape index (κ1) is 16.2. The van der Waals surface area contributed by atoms with Crippen molar-refractivity contribution in [2.45, 2.75) is 37.3 Å². The fourth-order valence-electron chi connectivity index (χ4n) is 3.14. The first-order chi connectivity index (χ1) is 10.9. The highest BCUT2D eigenvalue weighted by molar-refractivity contribution is 7.89. The van der Waals surface area contributed by atoms with Gasteiger partial charge in [-0.1, -0.05) is 42.0 Å². The van der Waals surface area contributed by atoms with Crippen LogP contribution in [-0.2, 0) is 10.0 Å². The summed E-state index contributed by atoms with van der Waals surface area (Å²) in [5.41, 5.74) is 2.87. The Morgan fingerprint density at radius 2 is 1.70 bits per heavy atom. The van der Waals surface area contributed by atoms with Crippen LogP contribution in [0, 0.1) is 13.8 Å². The van der Waals surface area contributed by atoms with E-state index >= 15 is 0 Å². The summed E-state index contributed by atoms with van der Waals surface area (Å²) in [5.74, 6) is 0. The van der Waals surface area contributed by atoms with E-state index in [1.165, 1.54) is 4.31 Å². The molecule has 5 heteroatoms. The maximum Gasteiger partial charge on any atom is 0.243 e. The second kappa shape index (κ2) is 6.07. The molecule has 0 bridgehead atoms. The highest BCUT2D eigenvalue weighted by atomic mass is 32.2. The van der Waals surface area contributed by atoms with Crippen LogP contribution in [0.1, 0.15) is 29.2 Å². The molecule has 0 amide bonds. The van der Waals surface area contributed by atoms with Gasteiger partial charge in [-0.2, -0.15) is 4.31 Å². The minimum atomic E-state index is -3.63. The summed E-state index contributed by atoms with van der Waals surface area (Å²) in [6.45, 7) is 4.19. The van der Waals surface area contributed by atoms with Gasteiger partial charge in [0, 0.05) is 6.54 Å². The second-order valence-electron chi connectivity index (χ2n) is 6.09. The van der Waals surface area contributed by atoms with Gasteiger partial charge in [0.05, 0.1) is 17.0 Å². The Morgan fingerprint density at radius 1 is 1.04 bits per heavy atom. The first-order valence-corrected chi connectivity index (χ1v) is 9.17. The molecule has 122 valence electrons. The minimum absolute atomic E-state index is 0.274. The van der Waals surface area contributed by atoms with Gasteiger partial charge in [0.2, 0.25) is 10.0 Å². The number of hydrogen-bond donors (Lipinski definition) is 1. The lowest BCUT2D eigenvalue weighted by Crippen LogP contribution is -2.33. The molecule has 1 saturated heterocycles. The Morgan fingerprint density at radius 3 is 2.35 bits per heavy atom. The highest BCUT2D eigenvalue weighted by Gasteiger charge is 2.42. The van der Waals surface area contributed by atoms with E-state index in [4.69, 9.17) is 0 Å². The van der Waals surface area contributed by atoms with E-state index in [1.54, 1.807) is 24.3 Å². The van der Waals surface area contributed by atoms with Crippen LogP contribution >= 0.6 is 0 Å². The Balaban J connectivity index is 2.04. The van der Waals surface area contributed by atoms with Crippen LogP contribution in [0.5, 0.6) is 0 Å². The Hall–Kier alpha value is -1.69. The fraction of sp³-hybridized carbons (Fsp3) is 0.333. The molecule has 0 radical (unpaired) electrons. The predicted molar refractivity (Wildman–Crippen MR) is 89.6 cm³/mol. The number of aliphatic hydroxyl groups excluding tert-OH is 1. The zero-order chi connectivity index (χ0) is 16.6. The molecule has 1 fully saturated rings. The number of nitrogens with zero attached hydrogens (tertiary/aromatic N) is 1. The van der Waals surface area contributed by atoms with E-state index in [-0.39, 0.29) is 4.90 Å². The second-order valence-corrected chi connectivity index (χ2v) is 7.98. The maximum atomic E-state index is 13.0. The average Bonchev–Trinajstić information content (AvgIpc) is 2.90. The summed E-state index contributed by atoms with van der Waals surface area (Å²) in [6, 6.07) is 14.0. The summed E-state index contributed by atoms with van der Waals surface area (Å²) in [6.07, 6.45) is -0.235. The number of aryl methyl sites for hydroxylation is 2. The number of benzene rings is 2. The van der Waals surface area contributed by atoms with Crippen LogP contribution in [-0.4, -0.2) is 30.5 Å². The topological polar surface area (TPSA) is 57.6 Å². The first-order valence-electron chi connectivity index (χ1n) is 7.73. The van der Waals surface area contributed by atoms with Crippen molar-refractivity contribution in [1.29, 1.82) is 0 Å². The zero-order valence-corrected chi connectivity index (χ0v) is 14.1. The van der Waals surface area contributed by atoms with Crippen LogP contribution in [0.15, 0.2) is 53.4 Å². The van der Waals surface area contributed by atoms with E-state index < -0.39 is 22.2 Å². The summed E-state index contributed by atoms with van der Waals surface area (Å²) >= 11 is 0. The lowest BCUT2D eigenvalue weighted by atomic mass is 9.98. The van der Waals surface area contributed by atoms with Gasteiger partial charge < -0.3 is 5.11 Å². The van der Waals surface area contributed by atoms with Gasteiger partial charge in [-0.3, -0.25) is 0 Å². The average molecular weight is 331 g/mol. The quantitative estimate of drug-likeness (QED) is 0.941. The van der Waals surface area contributed by atoms with Crippen LogP contribution in [0.3, 0.4) is 0 Å². The molecule has 0 aromatic heterocycles. The molecule has 23 heavy (non-hydrogen) atoms. The van der Waals surface area contributed by atoms with Crippen molar-refractivity contribution in [3.05, 3.63) is 65.2 Å². The third-order valence-corrected chi connectivity index (χ3v) is 6.35. The zero-order valence-electron chi connectivity index (χ0n) is 13.3. The molecule has 1 heterocycles. The van der Waals surface area contributed by atoms with Crippen molar-refractivity contribution >= 4 is 10.0 Å². The summed E-state index contributed by atoms with van der Waals surface area (Å²) in [7, 11) is -3.63. The Bertz CT molecular complexity index is 799. The SMILES string of the molecule is Cc1ccc(S(=O)(=O)N2CC[C@H](O)[C@H]2c2ccccc2C)cc1. The molecular weight excluding hydrogens is 310 g/mol. The van der Waals surface area contributed by atoms with Crippen LogP contribution in [0.2, 0.25) is 0 Å². The van der Waals surface area contributed by atoms with Crippen molar-refractivity contribution in [3.63, 3.8) is 0 Å². The highest BCUT2D eigenvalue weighted by Crippen LogP contribution is 2.38. The third-order valence-electron chi connectivity index (χ3n) is 4.45. The van der Waals surface area contributed by atoms with Crippen molar-refractivity contribution in [3.8, 4) is 0 Å². The molecule has 1 aliphatic heterocycles. The van der Waals surface area contributed by atoms with Crippen LogP contribution < -0.4 is 0 Å². The molecular formula is C18H21NO3S.